The monoisotopic (exact) mass is 251 g/mol. The number of amides is 1. The molecule has 2 rings (SSSR count). The molecule has 2 aromatic rings. The molecule has 0 saturated heterocycles. The molecule has 5 heteroatoms. The van der Waals surface area contributed by atoms with E-state index < -0.39 is 0 Å². The van der Waals surface area contributed by atoms with Gasteiger partial charge >= 0.3 is 0 Å². The highest BCUT2D eigenvalue weighted by molar-refractivity contribution is 7.82. The molecule has 0 aliphatic rings. The lowest BCUT2D eigenvalue weighted by molar-refractivity contribution is 0.0944. The van der Waals surface area contributed by atoms with Crippen molar-refractivity contribution in [3.63, 3.8) is 0 Å². The van der Waals surface area contributed by atoms with Crippen LogP contribution in [0.3, 0.4) is 0 Å². The van der Waals surface area contributed by atoms with Gasteiger partial charge in [-0.1, -0.05) is 0 Å². The third kappa shape index (κ3) is 2.20. The van der Waals surface area contributed by atoms with Crippen LogP contribution in [-0.2, 0) is 0 Å². The molecule has 3 nitrogen and oxygen atoms in total. The molecule has 1 radical (unpaired) electrons. The van der Waals surface area contributed by atoms with Gasteiger partial charge < -0.3 is 5.32 Å². The van der Waals surface area contributed by atoms with Crippen molar-refractivity contribution in [1.82, 2.24) is 10.3 Å². The number of thiol groups is 1. The molecule has 16 heavy (non-hydrogen) atoms. The van der Waals surface area contributed by atoms with Crippen molar-refractivity contribution in [2.45, 2.75) is 24.2 Å². The van der Waals surface area contributed by atoms with Crippen LogP contribution in [0, 0.1) is 6.07 Å². The van der Waals surface area contributed by atoms with E-state index in [2.05, 4.69) is 29.0 Å². The number of carbonyl (C=O) groups is 1. The molecule has 0 bridgehead atoms. The lowest BCUT2D eigenvalue weighted by atomic mass is 10.2. The Morgan fingerprint density at radius 2 is 2.31 bits per heavy atom. The summed E-state index contributed by atoms with van der Waals surface area (Å²) in [6.45, 7) is 3.85. The molecule has 0 saturated carbocycles. The second-order valence-electron chi connectivity index (χ2n) is 3.71. The van der Waals surface area contributed by atoms with Gasteiger partial charge in [0.05, 0.1) is 15.8 Å². The fourth-order valence-corrected chi connectivity index (χ4v) is 2.50. The zero-order valence-corrected chi connectivity index (χ0v) is 10.7. The molecule has 0 atom stereocenters. The van der Waals surface area contributed by atoms with Crippen molar-refractivity contribution >= 4 is 40.1 Å². The first kappa shape index (κ1) is 11.4. The third-order valence-electron chi connectivity index (χ3n) is 2.00. The molecular weight excluding hydrogens is 240 g/mol. The summed E-state index contributed by atoms with van der Waals surface area (Å²) in [5, 5.41) is 2.84. The Bertz CT molecular complexity index is 534. The van der Waals surface area contributed by atoms with E-state index in [1.165, 1.54) is 11.3 Å². The minimum absolute atomic E-state index is 0.108. The summed E-state index contributed by atoms with van der Waals surface area (Å²) < 4.78 is 1.59. The van der Waals surface area contributed by atoms with Gasteiger partial charge in [-0.3, -0.25) is 4.79 Å². The van der Waals surface area contributed by atoms with Crippen LogP contribution in [0.2, 0.25) is 0 Å². The number of carbonyl (C=O) groups excluding carboxylic acids is 1. The first-order chi connectivity index (χ1) is 7.58. The van der Waals surface area contributed by atoms with Crippen molar-refractivity contribution in [3.05, 3.63) is 23.8 Å². The summed E-state index contributed by atoms with van der Waals surface area (Å²) in [5.74, 6) is -0.115. The SMILES string of the molecule is CC(C)NC(=O)c1c[c]cc2sc(S)nc12. The fourth-order valence-electron chi connectivity index (χ4n) is 1.39. The summed E-state index contributed by atoms with van der Waals surface area (Å²) in [5.41, 5.74) is 1.26. The van der Waals surface area contributed by atoms with E-state index in [0.717, 1.165) is 4.70 Å². The molecule has 0 fully saturated rings. The van der Waals surface area contributed by atoms with Crippen molar-refractivity contribution in [3.8, 4) is 0 Å². The maximum atomic E-state index is 11.9. The number of fused-ring (bicyclic) bond motifs is 1. The van der Waals surface area contributed by atoms with Gasteiger partial charge in [0.2, 0.25) is 0 Å². The normalized spacial score (nSPS) is 11.0. The zero-order chi connectivity index (χ0) is 11.7. The van der Waals surface area contributed by atoms with Crippen LogP contribution in [0.5, 0.6) is 0 Å². The lowest BCUT2D eigenvalue weighted by Gasteiger charge is -2.08. The first-order valence-corrected chi connectivity index (χ1v) is 6.14. The van der Waals surface area contributed by atoms with Crippen LogP contribution in [0.1, 0.15) is 24.2 Å². The van der Waals surface area contributed by atoms with Crippen molar-refractivity contribution in [2.24, 2.45) is 0 Å². The maximum Gasteiger partial charge on any atom is 0.253 e. The molecule has 0 aliphatic carbocycles. The molecule has 0 spiro atoms. The Kier molecular flexibility index (Phi) is 3.16. The minimum atomic E-state index is -0.115. The maximum absolute atomic E-state index is 11.9. The van der Waals surface area contributed by atoms with Crippen LogP contribution >= 0.6 is 24.0 Å². The second kappa shape index (κ2) is 4.43. The molecule has 83 valence electrons. The van der Waals surface area contributed by atoms with Gasteiger partial charge in [0.25, 0.3) is 5.91 Å². The molecular formula is C11H11N2OS2. The highest BCUT2D eigenvalue weighted by atomic mass is 32.2. The fraction of sp³-hybridized carbons (Fsp3) is 0.273. The van der Waals surface area contributed by atoms with Crippen LogP contribution in [-0.4, -0.2) is 16.9 Å². The first-order valence-electron chi connectivity index (χ1n) is 4.88. The molecule has 1 aromatic carbocycles. The van der Waals surface area contributed by atoms with Crippen LogP contribution in [0.15, 0.2) is 16.5 Å². The largest absolute Gasteiger partial charge is 0.350 e. The van der Waals surface area contributed by atoms with E-state index in [4.69, 9.17) is 0 Å². The zero-order valence-electron chi connectivity index (χ0n) is 8.94. The molecule has 1 N–H and O–H groups in total. The van der Waals surface area contributed by atoms with E-state index in [1.807, 2.05) is 19.9 Å². The summed E-state index contributed by atoms with van der Waals surface area (Å²) in [4.78, 5) is 16.1. The van der Waals surface area contributed by atoms with Gasteiger partial charge in [0.15, 0.2) is 0 Å². The molecule has 1 amide bonds. The third-order valence-corrected chi connectivity index (χ3v) is 3.18. The average Bonchev–Trinajstić information content (AvgIpc) is 2.55. The Labute approximate surface area is 103 Å². The van der Waals surface area contributed by atoms with Crippen molar-refractivity contribution in [1.29, 1.82) is 0 Å². The second-order valence-corrected chi connectivity index (χ2v) is 5.46. The topological polar surface area (TPSA) is 42.0 Å². The average molecular weight is 251 g/mol. The van der Waals surface area contributed by atoms with Gasteiger partial charge in [-0.2, -0.15) is 0 Å². The molecule has 1 aromatic heterocycles. The van der Waals surface area contributed by atoms with E-state index in [9.17, 15) is 4.79 Å². The number of aromatic nitrogens is 1. The Balaban J connectivity index is 2.47. The lowest BCUT2D eigenvalue weighted by Crippen LogP contribution is -2.30. The van der Waals surface area contributed by atoms with E-state index in [-0.39, 0.29) is 11.9 Å². The smallest absolute Gasteiger partial charge is 0.253 e. The van der Waals surface area contributed by atoms with E-state index >= 15 is 0 Å². The predicted octanol–water partition coefficient (Wildman–Crippen LogP) is 2.52. The van der Waals surface area contributed by atoms with Crippen LogP contribution in [0.4, 0.5) is 0 Å². The van der Waals surface area contributed by atoms with Gasteiger partial charge in [0.1, 0.15) is 4.34 Å². The summed E-state index contributed by atoms with van der Waals surface area (Å²) in [6.07, 6.45) is 0. The number of hydrogen-bond donors (Lipinski definition) is 2. The summed E-state index contributed by atoms with van der Waals surface area (Å²) >= 11 is 5.63. The van der Waals surface area contributed by atoms with Crippen LogP contribution in [0.25, 0.3) is 10.2 Å². The van der Waals surface area contributed by atoms with Crippen LogP contribution < -0.4 is 5.32 Å². The highest BCUT2D eigenvalue weighted by Crippen LogP contribution is 2.26. The Hall–Kier alpha value is -1.07. The van der Waals surface area contributed by atoms with Gasteiger partial charge in [0, 0.05) is 6.04 Å². The number of hydrogen-bond acceptors (Lipinski definition) is 4. The van der Waals surface area contributed by atoms with Gasteiger partial charge in [-0.25, -0.2) is 4.98 Å². The summed E-state index contributed by atoms with van der Waals surface area (Å²) in [7, 11) is 0. The van der Waals surface area contributed by atoms with E-state index in [1.54, 1.807) is 6.07 Å². The van der Waals surface area contributed by atoms with Crippen molar-refractivity contribution in [2.75, 3.05) is 0 Å². The molecule has 1 heterocycles. The highest BCUT2D eigenvalue weighted by Gasteiger charge is 2.13. The minimum Gasteiger partial charge on any atom is -0.350 e. The number of rotatable bonds is 2. The number of thiazole rings is 1. The summed E-state index contributed by atoms with van der Waals surface area (Å²) in [6, 6.07) is 6.53. The quantitative estimate of drug-likeness (QED) is 0.805. The Morgan fingerprint density at radius 1 is 1.56 bits per heavy atom. The van der Waals surface area contributed by atoms with E-state index in [0.29, 0.717) is 15.4 Å². The number of benzene rings is 1. The molecule has 0 aliphatic heterocycles. The standard InChI is InChI=1S/C11H11N2OS2/c1-6(2)12-10(14)7-4-3-5-8-9(7)13-11(15)16-8/h4-6H,1-2H3,(H,12,14)(H,13,15). The van der Waals surface area contributed by atoms with Gasteiger partial charge in [-0.15, -0.1) is 24.0 Å². The Morgan fingerprint density at radius 3 is 3.00 bits per heavy atom. The van der Waals surface area contributed by atoms with Crippen molar-refractivity contribution < 1.29 is 4.79 Å². The predicted molar refractivity (Wildman–Crippen MR) is 68.3 cm³/mol. The molecule has 0 unspecified atom stereocenters. The van der Waals surface area contributed by atoms with Gasteiger partial charge in [-0.05, 0) is 32.0 Å². The number of nitrogens with one attached hydrogen (secondary N) is 1. The number of nitrogens with zero attached hydrogens (tertiary/aromatic N) is 1.